The van der Waals surface area contributed by atoms with Crippen molar-refractivity contribution in [3.63, 3.8) is 0 Å². The molecule has 5 N–H and O–H groups in total. The molecule has 10 nitrogen and oxygen atoms in total. The molecule has 0 aromatic rings. The first-order valence-corrected chi connectivity index (χ1v) is 13.1. The maximum Gasteiger partial charge on any atom is 0.329 e. The van der Waals surface area contributed by atoms with Crippen LogP contribution in [0.25, 0.3) is 0 Å². The molecule has 0 aromatic carbocycles. The minimum absolute atomic E-state index is 0.000815. The summed E-state index contributed by atoms with van der Waals surface area (Å²) < 4.78 is 4.79. The van der Waals surface area contributed by atoms with Crippen LogP contribution < -0.4 is 21.7 Å². The van der Waals surface area contributed by atoms with E-state index in [1.54, 1.807) is 10.8 Å². The van der Waals surface area contributed by atoms with Gasteiger partial charge in [-0.25, -0.2) is 4.79 Å². The van der Waals surface area contributed by atoms with Gasteiger partial charge in [-0.3, -0.25) is 19.2 Å². The second-order valence-corrected chi connectivity index (χ2v) is 12.6. The van der Waals surface area contributed by atoms with Crippen molar-refractivity contribution in [2.75, 3.05) is 12.9 Å². The molecule has 31 heavy (non-hydrogen) atoms. The Balaban J connectivity index is 4.89. The Morgan fingerprint density at radius 1 is 1.00 bits per heavy atom. The molecule has 0 aromatic heterocycles. The maximum absolute atomic E-state index is 12.5. The molecule has 0 saturated carbocycles. The first kappa shape index (κ1) is 29.4. The average molecular weight is 497 g/mol. The van der Waals surface area contributed by atoms with Gasteiger partial charge in [0.15, 0.2) is 0 Å². The van der Waals surface area contributed by atoms with Gasteiger partial charge < -0.3 is 26.4 Å². The van der Waals surface area contributed by atoms with Crippen molar-refractivity contribution in [3.8, 4) is 0 Å². The second-order valence-electron chi connectivity index (χ2n) is 7.62. The van der Waals surface area contributed by atoms with E-state index in [0.29, 0.717) is 0 Å². The monoisotopic (exact) mass is 496 g/mol. The van der Waals surface area contributed by atoms with Gasteiger partial charge in [-0.15, -0.1) is 0 Å². The molecule has 0 unspecified atom stereocenters. The van der Waals surface area contributed by atoms with E-state index >= 15 is 0 Å². The van der Waals surface area contributed by atoms with Crippen LogP contribution in [0.4, 0.5) is 0 Å². The molecule has 0 aliphatic carbocycles. The van der Waals surface area contributed by atoms with E-state index in [1.165, 1.54) is 41.6 Å². The highest BCUT2D eigenvalue weighted by Gasteiger charge is 2.28. The first-order chi connectivity index (χ1) is 14.3. The summed E-state index contributed by atoms with van der Waals surface area (Å²) in [5.74, 6) is -2.63. The van der Waals surface area contributed by atoms with Gasteiger partial charge in [0, 0.05) is 23.8 Å². The van der Waals surface area contributed by atoms with Crippen molar-refractivity contribution in [2.45, 2.75) is 70.3 Å². The van der Waals surface area contributed by atoms with Crippen molar-refractivity contribution >= 4 is 61.0 Å². The third-order valence-electron chi connectivity index (χ3n) is 3.49. The van der Waals surface area contributed by atoms with Gasteiger partial charge in [-0.05, 0) is 23.2 Å². The summed E-state index contributed by atoms with van der Waals surface area (Å²) in [5, 5.41) is 7.46. The molecule has 0 aliphatic heterocycles. The lowest BCUT2D eigenvalue weighted by molar-refractivity contribution is -0.144. The van der Waals surface area contributed by atoms with Gasteiger partial charge in [-0.2, -0.15) is 0 Å². The normalized spacial score (nSPS) is 14.0. The lowest BCUT2D eigenvalue weighted by atomic mass is 10.1. The molecule has 0 fully saturated rings. The van der Waals surface area contributed by atoms with Crippen LogP contribution in [0.2, 0.25) is 0 Å². The zero-order chi connectivity index (χ0) is 24.2. The van der Waals surface area contributed by atoms with E-state index in [4.69, 9.17) is 10.5 Å². The Morgan fingerprint density at radius 3 is 2.10 bits per heavy atom. The largest absolute Gasteiger partial charge is 0.467 e. The van der Waals surface area contributed by atoms with E-state index in [2.05, 4.69) is 36.7 Å². The van der Waals surface area contributed by atoms with Crippen LogP contribution in [0.5, 0.6) is 0 Å². The molecule has 0 rings (SSSR count). The Hall–Kier alpha value is -1.60. The molecule has 3 atom stereocenters. The number of primary amides is 1. The summed E-state index contributed by atoms with van der Waals surface area (Å²) in [6.07, 6.45) is -0.107. The average Bonchev–Trinajstić information content (AvgIpc) is 2.65. The molecule has 0 bridgehead atoms. The fraction of sp³-hybridized carbons (Fsp3) is 0.722. The van der Waals surface area contributed by atoms with Gasteiger partial charge in [0.05, 0.1) is 7.11 Å². The van der Waals surface area contributed by atoms with Crippen molar-refractivity contribution in [1.29, 1.82) is 0 Å². The Kier molecular flexibility index (Phi) is 13.7. The highest BCUT2D eigenvalue weighted by Crippen LogP contribution is 2.43. The van der Waals surface area contributed by atoms with Crippen molar-refractivity contribution in [3.05, 3.63) is 0 Å². The van der Waals surface area contributed by atoms with E-state index in [-0.39, 0.29) is 23.3 Å². The van der Waals surface area contributed by atoms with Crippen molar-refractivity contribution < 1.29 is 28.7 Å². The summed E-state index contributed by atoms with van der Waals surface area (Å²) >= 11 is 0. The molecule has 0 heterocycles. The number of nitrogens with one attached hydrogen (secondary N) is 3. The van der Waals surface area contributed by atoms with Crippen LogP contribution in [0, 0.1) is 0 Å². The van der Waals surface area contributed by atoms with Crippen LogP contribution in [0.1, 0.15) is 47.5 Å². The van der Waals surface area contributed by atoms with Gasteiger partial charge in [0.2, 0.25) is 23.6 Å². The fourth-order valence-electron chi connectivity index (χ4n) is 2.01. The third kappa shape index (κ3) is 14.2. The highest BCUT2D eigenvalue weighted by molar-refractivity contribution is 9.09. The Labute approximate surface area is 194 Å². The number of rotatable bonds is 13. The van der Waals surface area contributed by atoms with E-state index in [0.717, 1.165) is 0 Å². The smallest absolute Gasteiger partial charge is 0.329 e. The topological polar surface area (TPSA) is 157 Å². The summed E-state index contributed by atoms with van der Waals surface area (Å²) in [6.45, 7) is 8.86. The van der Waals surface area contributed by atoms with Crippen LogP contribution in [0.3, 0.4) is 0 Å². The van der Waals surface area contributed by atoms with Gasteiger partial charge >= 0.3 is 5.97 Å². The Morgan fingerprint density at radius 2 is 1.61 bits per heavy atom. The van der Waals surface area contributed by atoms with E-state index in [1.807, 2.05) is 0 Å². The summed E-state index contributed by atoms with van der Waals surface area (Å²) in [7, 11) is 5.77. The summed E-state index contributed by atoms with van der Waals surface area (Å²) in [4.78, 5) is 59.2. The lowest BCUT2D eigenvalue weighted by Crippen LogP contribution is -2.55. The van der Waals surface area contributed by atoms with Crippen LogP contribution in [-0.4, -0.2) is 65.3 Å². The number of ether oxygens (including phenoxy) is 1. The number of hydrogen-bond donors (Lipinski definition) is 4. The number of amides is 4. The van der Waals surface area contributed by atoms with Gasteiger partial charge in [0.1, 0.15) is 18.1 Å². The number of carbonyl (C=O) groups excluding carboxylic acids is 5. The van der Waals surface area contributed by atoms with E-state index in [9.17, 15) is 24.0 Å². The van der Waals surface area contributed by atoms with Crippen molar-refractivity contribution in [1.82, 2.24) is 16.0 Å². The highest BCUT2D eigenvalue weighted by atomic mass is 33.5. The lowest BCUT2D eigenvalue weighted by Gasteiger charge is -2.22. The summed E-state index contributed by atoms with van der Waals surface area (Å²) in [6, 6.07) is -2.90. The minimum atomic E-state index is -1.02. The van der Waals surface area contributed by atoms with Gasteiger partial charge in [0.25, 0.3) is 0 Å². The number of carbonyl (C=O) groups is 5. The predicted octanol–water partition coefficient (Wildman–Crippen LogP) is 0.747. The van der Waals surface area contributed by atoms with Crippen LogP contribution >= 0.6 is 31.4 Å². The number of hydrogen-bond acceptors (Lipinski definition) is 9. The van der Waals surface area contributed by atoms with Gasteiger partial charge in [-0.1, -0.05) is 42.4 Å². The SMILES string of the molecule is COC(=O)[C@H](CSSSC(C)(C)C)NC(=O)[C@H](C)NC(=O)[C@H](CCC(N)=O)NC(C)=O. The third-order valence-corrected chi connectivity index (χ3v) is 8.51. The molecule has 0 saturated heterocycles. The zero-order valence-electron chi connectivity index (χ0n) is 18.6. The molecule has 0 radical (unpaired) electrons. The van der Waals surface area contributed by atoms with Crippen LogP contribution in [0.15, 0.2) is 0 Å². The molecular weight excluding hydrogens is 464 g/mol. The first-order valence-electron chi connectivity index (χ1n) is 9.48. The maximum atomic E-state index is 12.5. The zero-order valence-corrected chi connectivity index (χ0v) is 21.1. The molecule has 0 aliphatic rings. The van der Waals surface area contributed by atoms with E-state index < -0.39 is 47.7 Å². The quantitative estimate of drug-likeness (QED) is 0.164. The van der Waals surface area contributed by atoms with Crippen molar-refractivity contribution in [2.24, 2.45) is 5.73 Å². The Bertz CT molecular complexity index is 657. The van der Waals surface area contributed by atoms with Crippen LogP contribution in [-0.2, 0) is 28.7 Å². The fourth-order valence-corrected chi connectivity index (χ4v) is 6.77. The molecule has 0 spiro atoms. The summed E-state index contributed by atoms with van der Waals surface area (Å²) in [5.41, 5.74) is 5.09. The molecule has 4 amide bonds. The predicted molar refractivity (Wildman–Crippen MR) is 125 cm³/mol. The molecule has 178 valence electrons. The molecular formula is C18H32N4O6S3. The standard InChI is InChI=1S/C18H32N4O6S3/c1-10(20-16(26)12(21-11(2)23)7-8-14(19)24)15(25)22-13(17(27)28-6)9-29-31-30-18(3,4)5/h10,12-13H,7-9H2,1-6H3,(H2,19,24)(H,20,26)(H,21,23)(H,22,25)/t10-,12-,13-/m0/s1. The minimum Gasteiger partial charge on any atom is -0.467 e. The number of esters is 1. The molecule has 13 heteroatoms. The number of nitrogens with two attached hydrogens (primary N) is 1. The second kappa shape index (κ2) is 14.5. The number of methoxy groups -OCH3 is 1.